The summed E-state index contributed by atoms with van der Waals surface area (Å²) in [6.45, 7) is 0.279. The molecule has 0 fully saturated rings. The summed E-state index contributed by atoms with van der Waals surface area (Å²) in [5.41, 5.74) is -0.0734. The van der Waals surface area contributed by atoms with Gasteiger partial charge >= 0.3 is 0 Å². The normalized spacial score (nSPS) is 10.4. The maximum absolute atomic E-state index is 12.4. The number of nitro groups is 1. The van der Waals surface area contributed by atoms with E-state index in [2.05, 4.69) is 4.98 Å². The van der Waals surface area contributed by atoms with Crippen molar-refractivity contribution in [2.45, 2.75) is 6.54 Å². The number of aromatic nitrogens is 2. The number of nitrogens with zero attached hydrogens (tertiary/aromatic N) is 4. The molecule has 1 aromatic carbocycles. The minimum atomic E-state index is -0.564. The lowest BCUT2D eigenvalue weighted by Gasteiger charge is -2.17. The van der Waals surface area contributed by atoms with E-state index in [0.29, 0.717) is 5.82 Å². The van der Waals surface area contributed by atoms with E-state index in [1.54, 1.807) is 24.0 Å². The predicted octanol–water partition coefficient (Wildman–Crippen LogP) is 2.25. The first kappa shape index (κ1) is 15.0. The van der Waals surface area contributed by atoms with Gasteiger partial charge in [0.15, 0.2) is 0 Å². The van der Waals surface area contributed by atoms with Crippen molar-refractivity contribution in [3.8, 4) is 0 Å². The summed E-state index contributed by atoms with van der Waals surface area (Å²) in [6, 6.07) is 3.79. The topological polar surface area (TPSA) is 81.3 Å². The summed E-state index contributed by atoms with van der Waals surface area (Å²) in [7, 11) is 3.41. The van der Waals surface area contributed by atoms with Crippen molar-refractivity contribution in [2.24, 2.45) is 7.05 Å². The maximum Gasteiger partial charge on any atom is 0.270 e. The fourth-order valence-electron chi connectivity index (χ4n) is 1.83. The van der Waals surface area contributed by atoms with Gasteiger partial charge < -0.3 is 9.47 Å². The Balaban J connectivity index is 2.25. The Labute approximate surface area is 125 Å². The fourth-order valence-corrected chi connectivity index (χ4v) is 2.03. The van der Waals surface area contributed by atoms with E-state index >= 15 is 0 Å². The molecule has 0 N–H and O–H groups in total. The minimum absolute atomic E-state index is 0.0996. The number of carbonyl (C=O) groups is 1. The van der Waals surface area contributed by atoms with Gasteiger partial charge in [-0.3, -0.25) is 14.9 Å². The first-order valence-corrected chi connectivity index (χ1v) is 6.43. The SMILES string of the molecule is CN(Cc1nccn1C)C(=O)c1cc([N+](=O)[O-])ccc1Cl. The maximum atomic E-state index is 12.4. The first-order chi connectivity index (χ1) is 9.90. The fraction of sp³-hybridized carbons (Fsp3) is 0.231. The van der Waals surface area contributed by atoms with Crippen molar-refractivity contribution >= 4 is 23.2 Å². The third-order valence-electron chi connectivity index (χ3n) is 3.04. The molecule has 0 saturated carbocycles. The van der Waals surface area contributed by atoms with E-state index in [1.165, 1.54) is 23.1 Å². The van der Waals surface area contributed by atoms with Gasteiger partial charge in [-0.1, -0.05) is 11.6 Å². The summed E-state index contributed by atoms with van der Waals surface area (Å²) in [4.78, 5) is 28.1. The largest absolute Gasteiger partial charge is 0.337 e. The van der Waals surface area contributed by atoms with Gasteiger partial charge in [-0.05, 0) is 6.07 Å². The number of nitro benzene ring substituents is 1. The number of imidazole rings is 1. The van der Waals surface area contributed by atoms with Crippen LogP contribution in [0.1, 0.15) is 16.2 Å². The molecule has 2 aromatic rings. The summed E-state index contributed by atoms with van der Waals surface area (Å²) < 4.78 is 1.79. The van der Waals surface area contributed by atoms with Crippen LogP contribution in [0.2, 0.25) is 5.02 Å². The quantitative estimate of drug-likeness (QED) is 0.641. The van der Waals surface area contributed by atoms with Gasteiger partial charge in [-0.15, -0.1) is 0 Å². The smallest absolute Gasteiger partial charge is 0.270 e. The van der Waals surface area contributed by atoms with Crippen LogP contribution < -0.4 is 0 Å². The third-order valence-corrected chi connectivity index (χ3v) is 3.37. The van der Waals surface area contributed by atoms with Crippen LogP contribution in [0.5, 0.6) is 0 Å². The lowest BCUT2D eigenvalue weighted by Crippen LogP contribution is -2.27. The first-order valence-electron chi connectivity index (χ1n) is 6.05. The zero-order valence-corrected chi connectivity index (χ0v) is 12.2. The van der Waals surface area contributed by atoms with Gasteiger partial charge in [-0.25, -0.2) is 4.98 Å². The number of aryl methyl sites for hydroxylation is 1. The number of hydrogen-bond donors (Lipinski definition) is 0. The van der Waals surface area contributed by atoms with Crippen LogP contribution in [0.3, 0.4) is 0 Å². The summed E-state index contributed by atoms with van der Waals surface area (Å²) in [5.74, 6) is 0.305. The van der Waals surface area contributed by atoms with Gasteiger partial charge in [0.1, 0.15) is 5.82 Å². The monoisotopic (exact) mass is 308 g/mol. The molecular weight excluding hydrogens is 296 g/mol. The minimum Gasteiger partial charge on any atom is -0.337 e. The molecule has 110 valence electrons. The van der Waals surface area contributed by atoms with Crippen molar-refractivity contribution in [1.82, 2.24) is 14.5 Å². The molecule has 2 rings (SSSR count). The van der Waals surface area contributed by atoms with E-state index in [4.69, 9.17) is 11.6 Å². The van der Waals surface area contributed by atoms with E-state index in [0.717, 1.165) is 0 Å². The second-order valence-electron chi connectivity index (χ2n) is 4.54. The van der Waals surface area contributed by atoms with Crippen LogP contribution in [0.4, 0.5) is 5.69 Å². The average molecular weight is 309 g/mol. The van der Waals surface area contributed by atoms with Crippen molar-refractivity contribution in [2.75, 3.05) is 7.05 Å². The van der Waals surface area contributed by atoms with E-state index in [-0.39, 0.29) is 22.8 Å². The third kappa shape index (κ3) is 3.19. The molecule has 0 saturated heterocycles. The lowest BCUT2D eigenvalue weighted by molar-refractivity contribution is -0.384. The Morgan fingerprint density at radius 1 is 1.52 bits per heavy atom. The Hall–Kier alpha value is -2.41. The highest BCUT2D eigenvalue weighted by Crippen LogP contribution is 2.23. The van der Waals surface area contributed by atoms with Gasteiger partial charge in [-0.2, -0.15) is 0 Å². The van der Waals surface area contributed by atoms with Crippen molar-refractivity contribution < 1.29 is 9.72 Å². The van der Waals surface area contributed by atoms with Crippen LogP contribution >= 0.6 is 11.6 Å². The van der Waals surface area contributed by atoms with Gasteiger partial charge in [0, 0.05) is 38.6 Å². The number of benzene rings is 1. The Morgan fingerprint density at radius 2 is 2.24 bits per heavy atom. The highest BCUT2D eigenvalue weighted by Gasteiger charge is 2.20. The molecule has 0 aliphatic carbocycles. The van der Waals surface area contributed by atoms with Crippen LogP contribution in [-0.2, 0) is 13.6 Å². The van der Waals surface area contributed by atoms with Crippen molar-refractivity contribution in [1.29, 1.82) is 0 Å². The molecule has 0 aliphatic rings. The van der Waals surface area contributed by atoms with Crippen molar-refractivity contribution in [3.05, 3.63) is 57.1 Å². The number of amides is 1. The van der Waals surface area contributed by atoms with Crippen LogP contribution in [0, 0.1) is 10.1 Å². The zero-order valence-electron chi connectivity index (χ0n) is 11.5. The summed E-state index contributed by atoms with van der Waals surface area (Å²) in [5, 5.41) is 11.0. The highest BCUT2D eigenvalue weighted by atomic mass is 35.5. The van der Waals surface area contributed by atoms with Crippen LogP contribution in [0.15, 0.2) is 30.6 Å². The molecule has 8 heteroatoms. The average Bonchev–Trinajstić information content (AvgIpc) is 2.83. The van der Waals surface area contributed by atoms with E-state index < -0.39 is 10.8 Å². The van der Waals surface area contributed by atoms with Crippen molar-refractivity contribution in [3.63, 3.8) is 0 Å². The van der Waals surface area contributed by atoms with Crippen LogP contribution in [-0.4, -0.2) is 32.3 Å². The molecule has 1 aromatic heterocycles. The van der Waals surface area contributed by atoms with Gasteiger partial charge in [0.05, 0.1) is 22.1 Å². The summed E-state index contributed by atoms with van der Waals surface area (Å²) in [6.07, 6.45) is 3.40. The molecule has 1 amide bonds. The molecule has 21 heavy (non-hydrogen) atoms. The lowest BCUT2D eigenvalue weighted by atomic mass is 10.1. The van der Waals surface area contributed by atoms with E-state index in [9.17, 15) is 14.9 Å². The molecule has 0 spiro atoms. The highest BCUT2D eigenvalue weighted by molar-refractivity contribution is 6.33. The molecule has 0 unspecified atom stereocenters. The number of carbonyl (C=O) groups excluding carboxylic acids is 1. The zero-order chi connectivity index (χ0) is 15.6. The second kappa shape index (κ2) is 5.92. The van der Waals surface area contributed by atoms with E-state index in [1.807, 2.05) is 7.05 Å². The number of hydrogen-bond acceptors (Lipinski definition) is 4. The molecule has 7 nitrogen and oxygen atoms in total. The Morgan fingerprint density at radius 3 is 2.81 bits per heavy atom. The Bertz CT molecular complexity index is 698. The van der Waals surface area contributed by atoms with Gasteiger partial charge in [0.25, 0.3) is 11.6 Å². The molecule has 0 bridgehead atoms. The number of halogens is 1. The van der Waals surface area contributed by atoms with Crippen LogP contribution in [0.25, 0.3) is 0 Å². The number of rotatable bonds is 4. The molecule has 1 heterocycles. The molecule has 0 radical (unpaired) electrons. The Kier molecular flexibility index (Phi) is 4.23. The predicted molar refractivity (Wildman–Crippen MR) is 77.1 cm³/mol. The second-order valence-corrected chi connectivity index (χ2v) is 4.94. The van der Waals surface area contributed by atoms with Gasteiger partial charge in [0.2, 0.25) is 0 Å². The summed E-state index contributed by atoms with van der Waals surface area (Å²) >= 11 is 5.96. The number of non-ortho nitro benzene ring substituents is 1. The molecule has 0 aliphatic heterocycles. The molecule has 0 atom stereocenters. The standard InChI is InChI=1S/C13H13ClN4O3/c1-16-6-5-15-12(16)8-17(2)13(19)10-7-9(18(20)21)3-4-11(10)14/h3-7H,8H2,1-2H3. The molecular formula is C13H13ClN4O3.